The van der Waals surface area contributed by atoms with Crippen molar-refractivity contribution < 1.29 is 28.2 Å². The summed E-state index contributed by atoms with van der Waals surface area (Å²) in [5, 5.41) is 2.72. The molecule has 0 aliphatic carbocycles. The smallest absolute Gasteiger partial charge is 0.464 e. The first-order valence-electron chi connectivity index (χ1n) is 10.1. The molecule has 0 saturated carbocycles. The number of ether oxygens (including phenoxy) is 2. The summed E-state index contributed by atoms with van der Waals surface area (Å²) in [6.07, 6.45) is 1.75. The van der Waals surface area contributed by atoms with Crippen molar-refractivity contribution in [3.8, 4) is 0 Å². The van der Waals surface area contributed by atoms with Crippen LogP contribution >= 0.6 is 8.09 Å². The van der Waals surface area contributed by atoms with Gasteiger partial charge in [-0.3, -0.25) is 19.1 Å². The molecule has 2 aliphatic rings. The first kappa shape index (κ1) is 23.1. The molecule has 0 aromatic carbocycles. The van der Waals surface area contributed by atoms with Crippen molar-refractivity contribution in [2.45, 2.75) is 64.5 Å². The second-order valence-electron chi connectivity index (χ2n) is 7.51. The fourth-order valence-corrected chi connectivity index (χ4v) is 5.12. The Bertz CT molecular complexity index is 856. The van der Waals surface area contributed by atoms with Gasteiger partial charge in [0, 0.05) is 18.7 Å². The van der Waals surface area contributed by atoms with Crippen molar-refractivity contribution in [3.05, 3.63) is 33.1 Å². The van der Waals surface area contributed by atoms with E-state index in [0.29, 0.717) is 12.5 Å². The van der Waals surface area contributed by atoms with Gasteiger partial charge >= 0.3 is 19.8 Å². The number of carbonyl (C=O) groups is 1. The summed E-state index contributed by atoms with van der Waals surface area (Å²) in [5.74, 6) is -0.198. The van der Waals surface area contributed by atoms with Crippen LogP contribution in [0.2, 0.25) is 0 Å². The summed E-state index contributed by atoms with van der Waals surface area (Å²) in [4.78, 5) is 48.4. The van der Waals surface area contributed by atoms with Crippen molar-refractivity contribution in [1.29, 1.82) is 0 Å². The number of aromatic nitrogens is 2. The van der Waals surface area contributed by atoms with Crippen LogP contribution in [0.15, 0.2) is 21.9 Å². The molecule has 3 rings (SSSR count). The molecule has 2 saturated heterocycles. The normalized spacial score (nSPS) is 29.6. The van der Waals surface area contributed by atoms with Crippen LogP contribution in [-0.4, -0.2) is 51.9 Å². The molecule has 0 amide bonds. The van der Waals surface area contributed by atoms with Crippen LogP contribution in [0.5, 0.6) is 0 Å². The number of carbonyl (C=O) groups excluding carboxylic acids is 1. The predicted octanol–water partition coefficient (Wildman–Crippen LogP) is 0.867. The van der Waals surface area contributed by atoms with Crippen molar-refractivity contribution in [1.82, 2.24) is 14.6 Å². The quantitative estimate of drug-likeness (QED) is 0.392. The molecule has 0 bridgehead atoms. The highest BCUT2D eigenvalue weighted by atomic mass is 31.2. The molecular formula is C18H29N3O8P+. The lowest BCUT2D eigenvalue weighted by Crippen LogP contribution is -2.43. The Morgan fingerprint density at radius 1 is 1.40 bits per heavy atom. The number of hydrogen-bond acceptors (Lipinski definition) is 9. The second-order valence-corrected chi connectivity index (χ2v) is 9.27. The van der Waals surface area contributed by atoms with Crippen molar-refractivity contribution >= 4 is 14.1 Å². The van der Waals surface area contributed by atoms with E-state index >= 15 is 0 Å². The molecule has 2 aliphatic heterocycles. The van der Waals surface area contributed by atoms with Crippen LogP contribution in [0.25, 0.3) is 0 Å². The van der Waals surface area contributed by atoms with Gasteiger partial charge in [0.05, 0.1) is 6.61 Å². The van der Waals surface area contributed by atoms with Crippen LogP contribution in [-0.2, 0) is 23.3 Å². The van der Waals surface area contributed by atoms with E-state index < -0.39 is 49.8 Å². The minimum Gasteiger partial charge on any atom is -0.464 e. The lowest BCUT2D eigenvalue weighted by Gasteiger charge is -2.29. The van der Waals surface area contributed by atoms with E-state index in [-0.39, 0.29) is 13.0 Å². The number of nitrogens with one attached hydrogen (secondary N) is 2. The van der Waals surface area contributed by atoms with Crippen LogP contribution in [0.1, 0.15) is 46.3 Å². The second kappa shape index (κ2) is 9.67. The van der Waals surface area contributed by atoms with Gasteiger partial charge in [-0.25, -0.2) is 4.79 Å². The molecule has 11 nitrogen and oxygen atoms in total. The first-order valence-corrected chi connectivity index (χ1v) is 11.7. The maximum absolute atomic E-state index is 12.2. The maximum Gasteiger partial charge on any atom is 0.500 e. The standard InChI is InChI=1S/C18H28N3O8P/c1-4-12(5-2)9-26-17(23)11(3)20-30(25)27-10-14-13(29-30)8-16(28-14)21-7-6-15(22)19-18(21)24/h6-7,11-14,16,20,25H,4-5,8-10H2,1-3H3/p+1/t11-,13-,14+,16+,30?/m0/s1. The molecule has 3 heterocycles. The van der Waals surface area contributed by atoms with E-state index in [1.54, 1.807) is 6.92 Å². The highest BCUT2D eigenvalue weighted by molar-refractivity contribution is 7.58. The van der Waals surface area contributed by atoms with Gasteiger partial charge in [-0.2, -0.15) is 13.9 Å². The zero-order valence-electron chi connectivity index (χ0n) is 17.3. The van der Waals surface area contributed by atoms with E-state index in [4.69, 9.17) is 18.5 Å². The van der Waals surface area contributed by atoms with E-state index in [0.717, 1.165) is 12.8 Å². The van der Waals surface area contributed by atoms with Crippen molar-refractivity contribution in [2.24, 2.45) is 5.92 Å². The van der Waals surface area contributed by atoms with Crippen LogP contribution in [0.4, 0.5) is 0 Å². The van der Waals surface area contributed by atoms with Gasteiger partial charge in [-0.1, -0.05) is 26.7 Å². The lowest BCUT2D eigenvalue weighted by atomic mass is 10.1. The number of esters is 1. The van der Waals surface area contributed by atoms with Crippen LogP contribution in [0.3, 0.4) is 0 Å². The fraction of sp³-hybridized carbons (Fsp3) is 0.722. The monoisotopic (exact) mass is 446 g/mol. The zero-order chi connectivity index (χ0) is 21.9. The minimum absolute atomic E-state index is 0.0338. The number of hydrogen-bond donors (Lipinski definition) is 3. The Balaban J connectivity index is 1.57. The molecule has 168 valence electrons. The van der Waals surface area contributed by atoms with Crippen molar-refractivity contribution in [3.63, 3.8) is 0 Å². The molecule has 0 spiro atoms. The maximum atomic E-state index is 12.2. The molecule has 1 aromatic heterocycles. The van der Waals surface area contributed by atoms with E-state index in [9.17, 15) is 19.3 Å². The number of aromatic amines is 1. The number of rotatable bonds is 8. The molecular weight excluding hydrogens is 417 g/mol. The van der Waals surface area contributed by atoms with Gasteiger partial charge in [-0.05, 0) is 12.8 Å². The molecule has 2 fully saturated rings. The topological polar surface area (TPSA) is 141 Å². The third-order valence-corrected chi connectivity index (χ3v) is 7.13. The zero-order valence-corrected chi connectivity index (χ0v) is 18.2. The van der Waals surface area contributed by atoms with Crippen molar-refractivity contribution in [2.75, 3.05) is 13.2 Å². The van der Waals surface area contributed by atoms with Gasteiger partial charge in [0.1, 0.15) is 31.1 Å². The van der Waals surface area contributed by atoms with Crippen LogP contribution in [0, 0.1) is 5.92 Å². The summed E-state index contributed by atoms with van der Waals surface area (Å²) < 4.78 is 23.5. The summed E-state index contributed by atoms with van der Waals surface area (Å²) in [6, 6.07) is 0.401. The average molecular weight is 446 g/mol. The summed E-state index contributed by atoms with van der Waals surface area (Å²) in [7, 11) is -3.52. The fourth-order valence-electron chi connectivity index (χ4n) is 3.39. The third-order valence-electron chi connectivity index (χ3n) is 5.36. The van der Waals surface area contributed by atoms with Gasteiger partial charge in [0.2, 0.25) is 0 Å². The van der Waals surface area contributed by atoms with Gasteiger partial charge in [0.25, 0.3) is 5.56 Å². The Morgan fingerprint density at radius 3 is 2.80 bits per heavy atom. The molecule has 1 unspecified atom stereocenters. The van der Waals surface area contributed by atoms with Gasteiger partial charge < -0.3 is 9.47 Å². The predicted molar refractivity (Wildman–Crippen MR) is 107 cm³/mol. The lowest BCUT2D eigenvalue weighted by molar-refractivity contribution is -0.147. The number of fused-ring (bicyclic) bond motifs is 1. The number of H-pyrrole nitrogens is 1. The molecule has 1 aromatic rings. The van der Waals surface area contributed by atoms with E-state index in [1.165, 1.54) is 16.8 Å². The molecule has 5 atom stereocenters. The largest absolute Gasteiger partial charge is 0.500 e. The Labute approximate surface area is 174 Å². The molecule has 30 heavy (non-hydrogen) atoms. The van der Waals surface area contributed by atoms with Crippen LogP contribution < -0.4 is 16.3 Å². The summed E-state index contributed by atoms with van der Waals surface area (Å²) in [5.41, 5.74) is -1.09. The Hall–Kier alpha value is -1.62. The van der Waals surface area contributed by atoms with E-state index in [1.807, 2.05) is 13.8 Å². The highest BCUT2D eigenvalue weighted by Gasteiger charge is 2.57. The Morgan fingerprint density at radius 2 is 2.13 bits per heavy atom. The molecule has 0 radical (unpaired) electrons. The summed E-state index contributed by atoms with van der Waals surface area (Å²) in [6.45, 7) is 6.00. The SMILES string of the molecule is CCC(CC)COC(=O)[C@H](C)N[P+]1(O)OC[C@H]2O[C@@H](n3ccc(=O)[nH]c3=O)C[C@@H]2O1. The Kier molecular flexibility index (Phi) is 7.43. The third kappa shape index (κ3) is 5.35. The van der Waals surface area contributed by atoms with E-state index in [2.05, 4.69) is 10.1 Å². The molecule has 3 N–H and O–H groups in total. The van der Waals surface area contributed by atoms with Gasteiger partial charge in [0.15, 0.2) is 0 Å². The van der Waals surface area contributed by atoms with Gasteiger partial charge in [-0.15, -0.1) is 5.09 Å². The molecule has 12 heteroatoms. The average Bonchev–Trinajstić information content (AvgIpc) is 3.10. The first-order chi connectivity index (χ1) is 14.2. The summed E-state index contributed by atoms with van der Waals surface area (Å²) >= 11 is 0. The number of nitrogens with zero attached hydrogens (tertiary/aromatic N) is 1. The minimum atomic E-state index is -3.52. The highest BCUT2D eigenvalue weighted by Crippen LogP contribution is 2.59.